The molecule has 0 atom stereocenters. The molecule has 0 bridgehead atoms. The quantitative estimate of drug-likeness (QED) is 0.160. The molecule has 0 unspecified atom stereocenters. The molecule has 0 N–H and O–H groups in total. The summed E-state index contributed by atoms with van der Waals surface area (Å²) in [6.45, 7) is 0. The number of aromatic nitrogens is 6. The van der Waals surface area contributed by atoms with Crippen molar-refractivity contribution >= 4 is 65.5 Å². The van der Waals surface area contributed by atoms with Crippen LogP contribution in [0.4, 0.5) is 0 Å². The van der Waals surface area contributed by atoms with Gasteiger partial charge in [0.1, 0.15) is 5.82 Å². The van der Waals surface area contributed by atoms with E-state index in [-0.39, 0.29) is 0 Å². The van der Waals surface area contributed by atoms with Gasteiger partial charge in [0.05, 0.1) is 56.2 Å². The molecule has 8 aromatic carbocycles. The van der Waals surface area contributed by atoms with Crippen LogP contribution < -0.4 is 0 Å². The van der Waals surface area contributed by atoms with Crippen LogP contribution in [0.5, 0.6) is 0 Å². The standard InChI is InChI=1S/C63H40N6/c1-4-15-41(16-5-1)46-36-55(42-17-6-2-7-18-42)66-62(38-46)69-57-24-13-10-21-50(57)52-29-26-45(37-61(52)69)43-27-30-58-53(34-43)51-22-11-12-23-56(51)68(58)49-33-47(39-64-40-49)44-28-31-59-54(35-44)63-60(25-14-32-65-63)67(59)48-19-8-3-9-20-48/h1-40H. The molecule has 0 saturated heterocycles. The van der Waals surface area contributed by atoms with E-state index in [9.17, 15) is 0 Å². The second-order valence-electron chi connectivity index (χ2n) is 17.7. The number of para-hydroxylation sites is 3. The Morgan fingerprint density at radius 3 is 1.64 bits per heavy atom. The molecular weight excluding hydrogens is 841 g/mol. The predicted octanol–water partition coefficient (Wildman–Crippen LogP) is 15.8. The summed E-state index contributed by atoms with van der Waals surface area (Å²) in [5.41, 5.74) is 18.4. The summed E-state index contributed by atoms with van der Waals surface area (Å²) in [5, 5.41) is 5.85. The number of nitrogens with zero attached hydrogens (tertiary/aromatic N) is 6. The molecule has 0 amide bonds. The van der Waals surface area contributed by atoms with Gasteiger partial charge in [0.15, 0.2) is 0 Å². The Kier molecular flexibility index (Phi) is 8.79. The van der Waals surface area contributed by atoms with E-state index in [4.69, 9.17) is 15.0 Å². The first kappa shape index (κ1) is 38.8. The molecule has 0 saturated carbocycles. The summed E-state index contributed by atoms with van der Waals surface area (Å²) >= 11 is 0. The van der Waals surface area contributed by atoms with Crippen LogP contribution in [0.3, 0.4) is 0 Å². The highest BCUT2D eigenvalue weighted by atomic mass is 15.1. The van der Waals surface area contributed by atoms with Crippen molar-refractivity contribution in [2.45, 2.75) is 0 Å². The van der Waals surface area contributed by atoms with Gasteiger partial charge < -0.3 is 9.13 Å². The van der Waals surface area contributed by atoms with Crippen LogP contribution in [-0.4, -0.2) is 28.7 Å². The van der Waals surface area contributed by atoms with Crippen LogP contribution in [0, 0.1) is 0 Å². The molecule has 0 aliphatic carbocycles. The zero-order chi connectivity index (χ0) is 45.4. The molecule has 69 heavy (non-hydrogen) atoms. The maximum atomic E-state index is 5.40. The number of benzene rings is 8. The van der Waals surface area contributed by atoms with Gasteiger partial charge >= 0.3 is 0 Å². The van der Waals surface area contributed by atoms with Gasteiger partial charge in [0.2, 0.25) is 0 Å². The largest absolute Gasteiger partial charge is 0.308 e. The highest BCUT2D eigenvalue weighted by molar-refractivity contribution is 6.13. The Morgan fingerprint density at radius 2 is 0.855 bits per heavy atom. The van der Waals surface area contributed by atoms with Gasteiger partial charge in [-0.15, -0.1) is 0 Å². The number of rotatable bonds is 7. The normalized spacial score (nSPS) is 11.8. The van der Waals surface area contributed by atoms with E-state index in [1.807, 2.05) is 24.7 Å². The number of pyridine rings is 3. The first-order valence-corrected chi connectivity index (χ1v) is 23.3. The molecule has 6 nitrogen and oxygen atoms in total. The first-order valence-electron chi connectivity index (χ1n) is 23.3. The Hall–Kier alpha value is -9.39. The molecule has 0 aliphatic rings. The van der Waals surface area contributed by atoms with Crippen molar-refractivity contribution in [3.05, 3.63) is 243 Å². The summed E-state index contributed by atoms with van der Waals surface area (Å²) in [7, 11) is 0. The third-order valence-corrected chi connectivity index (χ3v) is 13.7. The van der Waals surface area contributed by atoms with Crippen LogP contribution in [0.15, 0.2) is 243 Å². The summed E-state index contributed by atoms with van der Waals surface area (Å²) in [4.78, 5) is 15.1. The van der Waals surface area contributed by atoms with Crippen molar-refractivity contribution in [2.24, 2.45) is 0 Å². The second-order valence-corrected chi connectivity index (χ2v) is 17.7. The van der Waals surface area contributed by atoms with Crippen LogP contribution >= 0.6 is 0 Å². The van der Waals surface area contributed by atoms with Gasteiger partial charge in [0.25, 0.3) is 0 Å². The molecule has 14 rings (SSSR count). The SMILES string of the molecule is c1ccc(-c2cc(-c3ccccc3)nc(-n3c4ccccc4c4ccc(-c5ccc6c(c5)c5ccccc5n6-c5cncc(-c6ccc7c(c6)c6ncccc6n7-c6ccccc6)c5)cc43)c2)cc1. The highest BCUT2D eigenvalue weighted by Gasteiger charge is 2.20. The summed E-state index contributed by atoms with van der Waals surface area (Å²) in [6.07, 6.45) is 5.82. The van der Waals surface area contributed by atoms with E-state index < -0.39 is 0 Å². The number of fused-ring (bicyclic) bond motifs is 9. The molecule has 6 heterocycles. The number of hydrogen-bond donors (Lipinski definition) is 0. The average molecular weight is 881 g/mol. The molecule has 6 heteroatoms. The van der Waals surface area contributed by atoms with Gasteiger partial charge in [-0.05, 0) is 113 Å². The van der Waals surface area contributed by atoms with Crippen molar-refractivity contribution in [2.75, 3.05) is 0 Å². The van der Waals surface area contributed by atoms with Gasteiger partial charge in [0, 0.05) is 56.1 Å². The number of hydrogen-bond acceptors (Lipinski definition) is 3. The third kappa shape index (κ3) is 6.30. The zero-order valence-electron chi connectivity index (χ0n) is 37.3. The Labute approximate surface area is 397 Å². The van der Waals surface area contributed by atoms with Crippen molar-refractivity contribution in [3.63, 3.8) is 0 Å². The van der Waals surface area contributed by atoms with E-state index in [1.165, 1.54) is 21.5 Å². The fraction of sp³-hybridized carbons (Fsp3) is 0. The van der Waals surface area contributed by atoms with E-state index in [1.54, 1.807) is 0 Å². The molecule has 14 aromatic rings. The van der Waals surface area contributed by atoms with Crippen molar-refractivity contribution < 1.29 is 0 Å². The van der Waals surface area contributed by atoms with Gasteiger partial charge in [-0.25, -0.2) is 4.98 Å². The van der Waals surface area contributed by atoms with Crippen molar-refractivity contribution in [1.82, 2.24) is 28.7 Å². The Balaban J connectivity index is 0.900. The molecule has 0 aliphatic heterocycles. The minimum Gasteiger partial charge on any atom is -0.308 e. The third-order valence-electron chi connectivity index (χ3n) is 13.7. The van der Waals surface area contributed by atoms with Crippen LogP contribution in [-0.2, 0) is 0 Å². The minimum atomic E-state index is 0.878. The lowest BCUT2D eigenvalue weighted by Crippen LogP contribution is -2.00. The van der Waals surface area contributed by atoms with E-state index in [0.717, 1.165) is 106 Å². The van der Waals surface area contributed by atoms with E-state index in [0.29, 0.717) is 0 Å². The lowest BCUT2D eigenvalue weighted by atomic mass is 10.0. The van der Waals surface area contributed by atoms with Crippen molar-refractivity contribution in [3.8, 4) is 61.8 Å². The maximum absolute atomic E-state index is 5.40. The minimum absolute atomic E-state index is 0.878. The van der Waals surface area contributed by atoms with Gasteiger partial charge in [-0.2, -0.15) is 0 Å². The smallest absolute Gasteiger partial charge is 0.138 e. The van der Waals surface area contributed by atoms with Crippen LogP contribution in [0.2, 0.25) is 0 Å². The molecule has 0 spiro atoms. The predicted molar refractivity (Wildman–Crippen MR) is 285 cm³/mol. The zero-order valence-corrected chi connectivity index (χ0v) is 37.3. The topological polar surface area (TPSA) is 53.5 Å². The molecule has 0 radical (unpaired) electrons. The summed E-state index contributed by atoms with van der Waals surface area (Å²) in [6, 6.07) is 80.2. The molecule has 322 valence electrons. The molecular formula is C63H40N6. The van der Waals surface area contributed by atoms with Gasteiger partial charge in [-0.3, -0.25) is 14.5 Å². The monoisotopic (exact) mass is 880 g/mol. The second kappa shape index (κ2) is 15.6. The van der Waals surface area contributed by atoms with Crippen LogP contribution in [0.1, 0.15) is 0 Å². The summed E-state index contributed by atoms with van der Waals surface area (Å²) < 4.78 is 6.99. The van der Waals surface area contributed by atoms with Crippen LogP contribution in [0.25, 0.3) is 127 Å². The fourth-order valence-corrected chi connectivity index (χ4v) is 10.6. The van der Waals surface area contributed by atoms with E-state index >= 15 is 0 Å². The maximum Gasteiger partial charge on any atom is 0.138 e. The summed E-state index contributed by atoms with van der Waals surface area (Å²) in [5.74, 6) is 0.878. The highest BCUT2D eigenvalue weighted by Crippen LogP contribution is 2.40. The van der Waals surface area contributed by atoms with Gasteiger partial charge in [-0.1, -0.05) is 140 Å². The van der Waals surface area contributed by atoms with Crippen molar-refractivity contribution in [1.29, 1.82) is 0 Å². The Bertz CT molecular complexity index is 4240. The van der Waals surface area contributed by atoms with E-state index in [2.05, 4.69) is 232 Å². The average Bonchev–Trinajstić information content (AvgIpc) is 4.06. The Morgan fingerprint density at radius 1 is 0.290 bits per heavy atom. The lowest BCUT2D eigenvalue weighted by Gasteiger charge is -2.13. The lowest BCUT2D eigenvalue weighted by molar-refractivity contribution is 1.08. The molecule has 6 aromatic heterocycles. The first-order chi connectivity index (χ1) is 34.2. The molecule has 0 fully saturated rings. The fourth-order valence-electron chi connectivity index (χ4n) is 10.6.